The van der Waals surface area contributed by atoms with Crippen molar-refractivity contribution in [1.29, 1.82) is 5.26 Å². The van der Waals surface area contributed by atoms with Crippen LogP contribution in [0.3, 0.4) is 0 Å². The summed E-state index contributed by atoms with van der Waals surface area (Å²) in [6.07, 6.45) is 0.572. The Morgan fingerprint density at radius 2 is 1.63 bits per heavy atom. The maximum atomic E-state index is 12.5. The molecule has 150 valence electrons. The molecule has 1 aliphatic heterocycles. The molecule has 3 aromatic carbocycles. The maximum Gasteiger partial charge on any atom is 0.343 e. The molecule has 0 radical (unpaired) electrons. The van der Waals surface area contributed by atoms with Crippen molar-refractivity contribution < 1.29 is 17.9 Å². The fourth-order valence-corrected chi connectivity index (χ4v) is 4.89. The molecule has 0 spiro atoms. The summed E-state index contributed by atoms with van der Waals surface area (Å²) in [6.45, 7) is 0.414. The van der Waals surface area contributed by atoms with E-state index in [0.29, 0.717) is 30.0 Å². The summed E-state index contributed by atoms with van der Waals surface area (Å²) in [5, 5.41) is 8.89. The highest BCUT2D eigenvalue weighted by atomic mass is 32.2. The van der Waals surface area contributed by atoms with Crippen LogP contribution in [-0.2, 0) is 10.0 Å². The van der Waals surface area contributed by atoms with E-state index in [1.807, 2.05) is 24.3 Å². The van der Waals surface area contributed by atoms with Crippen molar-refractivity contribution in [3.63, 3.8) is 0 Å². The highest BCUT2D eigenvalue weighted by Gasteiger charge is 2.28. The van der Waals surface area contributed by atoms with E-state index >= 15 is 0 Å². The van der Waals surface area contributed by atoms with Gasteiger partial charge >= 0.3 is 5.97 Å². The van der Waals surface area contributed by atoms with E-state index in [4.69, 9.17) is 10.00 Å². The van der Waals surface area contributed by atoms with Crippen molar-refractivity contribution in [3.05, 3.63) is 83.9 Å². The third-order valence-corrected chi connectivity index (χ3v) is 6.75. The first-order chi connectivity index (χ1) is 14.5. The molecule has 1 heterocycles. The van der Waals surface area contributed by atoms with E-state index in [1.165, 1.54) is 10.4 Å². The topological polar surface area (TPSA) is 87.5 Å². The Kier molecular flexibility index (Phi) is 5.25. The van der Waals surface area contributed by atoms with Crippen molar-refractivity contribution in [2.75, 3.05) is 16.6 Å². The third kappa shape index (κ3) is 4.04. The van der Waals surface area contributed by atoms with Crippen molar-refractivity contribution in [1.82, 2.24) is 0 Å². The van der Waals surface area contributed by atoms with Crippen LogP contribution in [0.15, 0.2) is 72.8 Å². The minimum atomic E-state index is -3.31. The van der Waals surface area contributed by atoms with Crippen LogP contribution >= 0.6 is 0 Å². The number of benzene rings is 3. The number of rotatable bonds is 4. The molecule has 0 aromatic heterocycles. The second-order valence-electron chi connectivity index (χ2n) is 6.90. The van der Waals surface area contributed by atoms with Crippen LogP contribution < -0.4 is 9.04 Å². The Hall–Kier alpha value is -3.63. The molecule has 0 N–H and O–H groups in total. The summed E-state index contributed by atoms with van der Waals surface area (Å²) in [6, 6.07) is 22.8. The minimum absolute atomic E-state index is 0.118. The number of carbonyl (C=O) groups is 1. The van der Waals surface area contributed by atoms with E-state index in [0.717, 1.165) is 11.1 Å². The highest BCUT2D eigenvalue weighted by Crippen LogP contribution is 2.26. The van der Waals surface area contributed by atoms with Crippen LogP contribution in [0, 0.1) is 11.3 Å². The van der Waals surface area contributed by atoms with Crippen molar-refractivity contribution in [2.24, 2.45) is 0 Å². The average Bonchev–Trinajstić information content (AvgIpc) is 3.13. The molecule has 0 amide bonds. The van der Waals surface area contributed by atoms with E-state index in [9.17, 15) is 13.2 Å². The molecule has 1 aliphatic rings. The molecule has 1 fully saturated rings. The van der Waals surface area contributed by atoms with Gasteiger partial charge in [-0.15, -0.1) is 0 Å². The van der Waals surface area contributed by atoms with Crippen LogP contribution in [0.4, 0.5) is 5.69 Å². The van der Waals surface area contributed by atoms with Crippen molar-refractivity contribution in [3.8, 4) is 22.9 Å². The number of anilines is 1. The number of esters is 1. The summed E-state index contributed by atoms with van der Waals surface area (Å²) in [5.41, 5.74) is 3.23. The highest BCUT2D eigenvalue weighted by molar-refractivity contribution is 7.93. The van der Waals surface area contributed by atoms with Gasteiger partial charge < -0.3 is 4.74 Å². The Morgan fingerprint density at radius 3 is 2.23 bits per heavy atom. The molecule has 0 atom stereocenters. The molecule has 0 saturated carbocycles. The Morgan fingerprint density at radius 1 is 0.967 bits per heavy atom. The molecule has 3 aromatic rings. The van der Waals surface area contributed by atoms with Gasteiger partial charge in [-0.05, 0) is 60.0 Å². The fraction of sp³-hybridized carbons (Fsp3) is 0.130. The van der Waals surface area contributed by atoms with Crippen LogP contribution in [0.25, 0.3) is 11.1 Å². The molecule has 4 rings (SSSR count). The molecule has 0 unspecified atom stereocenters. The Balaban J connectivity index is 1.49. The second kappa shape index (κ2) is 8.01. The number of ether oxygens (including phenoxy) is 1. The molecule has 6 nitrogen and oxygen atoms in total. The van der Waals surface area contributed by atoms with Gasteiger partial charge in [0, 0.05) is 6.54 Å². The molecule has 0 aliphatic carbocycles. The zero-order valence-electron chi connectivity index (χ0n) is 16.0. The predicted molar refractivity (Wildman–Crippen MR) is 114 cm³/mol. The van der Waals surface area contributed by atoms with E-state index < -0.39 is 16.0 Å². The lowest BCUT2D eigenvalue weighted by Crippen LogP contribution is -2.25. The molecule has 30 heavy (non-hydrogen) atoms. The third-order valence-electron chi connectivity index (χ3n) is 4.88. The first-order valence-corrected chi connectivity index (χ1v) is 11.0. The number of hydrogen-bond donors (Lipinski definition) is 0. The fourth-order valence-electron chi connectivity index (χ4n) is 3.34. The SMILES string of the molecule is N#Cc1ccc(-c2ccc(OC(=O)c3cccc(N4CCCS4(=O)=O)c3)cc2)cc1. The van der Waals surface area contributed by atoms with Crippen LogP contribution in [0.2, 0.25) is 0 Å². The van der Waals surface area contributed by atoms with E-state index in [1.54, 1.807) is 42.5 Å². The molecular formula is C23H18N2O4S. The predicted octanol–water partition coefficient (Wildman–Crippen LogP) is 3.98. The van der Waals surface area contributed by atoms with E-state index in [2.05, 4.69) is 6.07 Å². The van der Waals surface area contributed by atoms with Crippen molar-refractivity contribution >= 4 is 21.7 Å². The van der Waals surface area contributed by atoms with Gasteiger partial charge in [0.05, 0.1) is 28.6 Å². The van der Waals surface area contributed by atoms with Gasteiger partial charge in [0.2, 0.25) is 10.0 Å². The summed E-state index contributed by atoms with van der Waals surface area (Å²) < 4.78 is 31.0. The zero-order valence-corrected chi connectivity index (χ0v) is 16.8. The normalized spacial score (nSPS) is 14.8. The smallest absolute Gasteiger partial charge is 0.343 e. The van der Waals surface area contributed by atoms with Crippen molar-refractivity contribution in [2.45, 2.75) is 6.42 Å². The van der Waals surface area contributed by atoms with E-state index in [-0.39, 0.29) is 11.3 Å². The summed E-state index contributed by atoms with van der Waals surface area (Å²) in [4.78, 5) is 12.5. The van der Waals surface area contributed by atoms with Gasteiger partial charge in [-0.25, -0.2) is 13.2 Å². The average molecular weight is 418 g/mol. The number of hydrogen-bond acceptors (Lipinski definition) is 5. The number of sulfonamides is 1. The van der Waals surface area contributed by atoms with Crippen LogP contribution in [0.1, 0.15) is 22.3 Å². The standard InChI is InChI=1S/C23H18N2O4S/c24-16-17-5-7-18(8-6-17)19-9-11-22(12-10-19)29-23(26)20-3-1-4-21(15-20)25-13-2-14-30(25,27)28/h1,3-12,15H,2,13-14H2. The van der Waals surface area contributed by atoms with Crippen LogP contribution in [0.5, 0.6) is 5.75 Å². The molecular weight excluding hydrogens is 400 g/mol. The number of carbonyl (C=O) groups excluding carboxylic acids is 1. The number of nitrogens with zero attached hydrogens (tertiary/aromatic N) is 2. The zero-order chi connectivity index (χ0) is 21.1. The summed E-state index contributed by atoms with van der Waals surface area (Å²) in [7, 11) is -3.31. The van der Waals surface area contributed by atoms with Crippen LogP contribution in [-0.4, -0.2) is 26.7 Å². The first-order valence-electron chi connectivity index (χ1n) is 9.39. The van der Waals surface area contributed by atoms with Gasteiger partial charge in [0.25, 0.3) is 0 Å². The molecule has 0 bridgehead atoms. The lowest BCUT2D eigenvalue weighted by Gasteiger charge is -2.17. The molecule has 1 saturated heterocycles. The lowest BCUT2D eigenvalue weighted by atomic mass is 10.0. The van der Waals surface area contributed by atoms with Gasteiger partial charge in [-0.1, -0.05) is 30.3 Å². The summed E-state index contributed by atoms with van der Waals surface area (Å²) >= 11 is 0. The van der Waals surface area contributed by atoms with Gasteiger partial charge in [0.1, 0.15) is 5.75 Å². The maximum absolute atomic E-state index is 12.5. The van der Waals surface area contributed by atoms with Gasteiger partial charge in [-0.2, -0.15) is 5.26 Å². The lowest BCUT2D eigenvalue weighted by molar-refractivity contribution is 0.0735. The minimum Gasteiger partial charge on any atom is -0.423 e. The molecule has 7 heteroatoms. The summed E-state index contributed by atoms with van der Waals surface area (Å²) in [5.74, 6) is -0.0519. The largest absolute Gasteiger partial charge is 0.423 e. The van der Waals surface area contributed by atoms with Gasteiger partial charge in [-0.3, -0.25) is 4.31 Å². The Labute approximate surface area is 175 Å². The number of nitriles is 1. The Bertz CT molecular complexity index is 1230. The van der Waals surface area contributed by atoms with Gasteiger partial charge in [0.15, 0.2) is 0 Å². The first kappa shape index (κ1) is 19.7. The monoisotopic (exact) mass is 418 g/mol. The quantitative estimate of drug-likeness (QED) is 0.472. The second-order valence-corrected chi connectivity index (χ2v) is 8.91.